The van der Waals surface area contributed by atoms with E-state index in [9.17, 15) is 13.2 Å². The normalized spacial score (nSPS) is 11.1. The SMILES string of the molecule is CNCCOc1ccc(-c2c(Cl)cc(Nc3n[nH]c(N)n3)cc2C(F)(F)F)cc1.Cl. The molecule has 7 nitrogen and oxygen atoms in total. The number of likely N-dealkylation sites (N-methyl/N-ethyl adjacent to an activating group) is 1. The van der Waals surface area contributed by atoms with E-state index in [4.69, 9.17) is 22.1 Å². The number of halogens is 5. The van der Waals surface area contributed by atoms with Crippen molar-refractivity contribution in [2.24, 2.45) is 0 Å². The Morgan fingerprint density at radius 1 is 1.20 bits per heavy atom. The van der Waals surface area contributed by atoms with E-state index >= 15 is 0 Å². The van der Waals surface area contributed by atoms with Crippen LogP contribution >= 0.6 is 24.0 Å². The largest absolute Gasteiger partial charge is 0.492 e. The Labute approximate surface area is 181 Å². The summed E-state index contributed by atoms with van der Waals surface area (Å²) in [6.07, 6.45) is -4.63. The third-order valence-electron chi connectivity index (χ3n) is 3.92. The van der Waals surface area contributed by atoms with E-state index in [-0.39, 0.29) is 40.6 Å². The van der Waals surface area contributed by atoms with Crippen molar-refractivity contribution in [1.82, 2.24) is 20.5 Å². The average Bonchev–Trinajstić information content (AvgIpc) is 3.06. The number of hydrogen-bond acceptors (Lipinski definition) is 6. The van der Waals surface area contributed by atoms with E-state index < -0.39 is 11.7 Å². The lowest BCUT2D eigenvalue weighted by atomic mass is 9.98. The maximum absolute atomic E-state index is 13.7. The van der Waals surface area contributed by atoms with Gasteiger partial charge in [-0.05, 0) is 36.9 Å². The first-order valence-electron chi connectivity index (χ1n) is 8.51. The van der Waals surface area contributed by atoms with Gasteiger partial charge in [0.2, 0.25) is 11.9 Å². The lowest BCUT2D eigenvalue weighted by molar-refractivity contribution is -0.137. The second kappa shape index (κ2) is 9.88. The Morgan fingerprint density at radius 3 is 2.47 bits per heavy atom. The number of alkyl halides is 3. The third kappa shape index (κ3) is 5.68. The van der Waals surface area contributed by atoms with Crippen molar-refractivity contribution >= 4 is 41.6 Å². The van der Waals surface area contributed by atoms with Crippen LogP contribution in [0.3, 0.4) is 0 Å². The van der Waals surface area contributed by atoms with Crippen molar-refractivity contribution in [3.8, 4) is 16.9 Å². The second-order valence-corrected chi connectivity index (χ2v) is 6.43. The predicted molar refractivity (Wildman–Crippen MR) is 113 cm³/mol. The van der Waals surface area contributed by atoms with Gasteiger partial charge in [-0.1, -0.05) is 23.7 Å². The lowest BCUT2D eigenvalue weighted by Crippen LogP contribution is -2.15. The average molecular weight is 463 g/mol. The number of aromatic amines is 1. The summed E-state index contributed by atoms with van der Waals surface area (Å²) < 4.78 is 46.7. The zero-order chi connectivity index (χ0) is 21.0. The molecule has 5 N–H and O–H groups in total. The van der Waals surface area contributed by atoms with Crippen LogP contribution in [0.25, 0.3) is 11.1 Å². The van der Waals surface area contributed by atoms with Crippen molar-refractivity contribution in [3.63, 3.8) is 0 Å². The van der Waals surface area contributed by atoms with Crippen LogP contribution in [-0.4, -0.2) is 35.4 Å². The zero-order valence-corrected chi connectivity index (χ0v) is 17.3. The number of nitrogens with one attached hydrogen (secondary N) is 3. The van der Waals surface area contributed by atoms with Gasteiger partial charge in [0.15, 0.2) is 0 Å². The summed E-state index contributed by atoms with van der Waals surface area (Å²) in [6, 6.07) is 8.59. The number of ether oxygens (including phenoxy) is 1. The molecule has 30 heavy (non-hydrogen) atoms. The number of anilines is 3. The highest BCUT2D eigenvalue weighted by Crippen LogP contribution is 2.43. The van der Waals surface area contributed by atoms with Crippen LogP contribution < -0.4 is 21.1 Å². The summed E-state index contributed by atoms with van der Waals surface area (Å²) in [5.41, 5.74) is 4.81. The highest BCUT2D eigenvalue weighted by molar-refractivity contribution is 6.34. The highest BCUT2D eigenvalue weighted by Gasteiger charge is 2.35. The molecule has 3 rings (SSSR count). The molecule has 162 valence electrons. The minimum Gasteiger partial charge on any atom is -0.492 e. The molecule has 0 atom stereocenters. The molecule has 0 aliphatic carbocycles. The van der Waals surface area contributed by atoms with Gasteiger partial charge >= 0.3 is 6.18 Å². The molecular formula is C18H19Cl2F3N6O. The molecule has 0 saturated carbocycles. The first-order chi connectivity index (χ1) is 13.8. The molecule has 0 radical (unpaired) electrons. The molecule has 0 aliphatic rings. The Kier molecular flexibility index (Phi) is 7.77. The van der Waals surface area contributed by atoms with Crippen LogP contribution in [0.4, 0.5) is 30.8 Å². The predicted octanol–water partition coefficient (Wildman–Crippen LogP) is 4.49. The number of hydrogen-bond donors (Lipinski definition) is 4. The fourth-order valence-electron chi connectivity index (χ4n) is 2.64. The van der Waals surface area contributed by atoms with E-state index in [1.165, 1.54) is 18.2 Å². The van der Waals surface area contributed by atoms with E-state index in [0.29, 0.717) is 24.5 Å². The van der Waals surface area contributed by atoms with Crippen LogP contribution in [0.1, 0.15) is 5.56 Å². The minimum absolute atomic E-state index is 0. The highest BCUT2D eigenvalue weighted by atomic mass is 35.5. The van der Waals surface area contributed by atoms with E-state index in [2.05, 4.69) is 25.8 Å². The van der Waals surface area contributed by atoms with Gasteiger partial charge in [0, 0.05) is 17.8 Å². The number of nitrogens with two attached hydrogens (primary N) is 1. The van der Waals surface area contributed by atoms with E-state index in [0.717, 1.165) is 6.07 Å². The Morgan fingerprint density at radius 2 is 1.90 bits per heavy atom. The van der Waals surface area contributed by atoms with Gasteiger partial charge in [0.25, 0.3) is 0 Å². The van der Waals surface area contributed by atoms with Gasteiger partial charge in [-0.15, -0.1) is 17.5 Å². The van der Waals surface area contributed by atoms with Crippen LogP contribution in [0.2, 0.25) is 5.02 Å². The molecule has 3 aromatic rings. The maximum Gasteiger partial charge on any atom is 0.417 e. The molecule has 12 heteroatoms. The van der Waals surface area contributed by atoms with Crippen molar-refractivity contribution in [1.29, 1.82) is 0 Å². The Balaban J connectivity index is 0.00000320. The van der Waals surface area contributed by atoms with Crippen molar-refractivity contribution in [3.05, 3.63) is 47.0 Å². The zero-order valence-electron chi connectivity index (χ0n) is 15.7. The van der Waals surface area contributed by atoms with E-state index in [1.54, 1.807) is 19.2 Å². The third-order valence-corrected chi connectivity index (χ3v) is 4.22. The van der Waals surface area contributed by atoms with Crippen LogP contribution in [-0.2, 0) is 6.18 Å². The summed E-state index contributed by atoms with van der Waals surface area (Å²) in [5, 5.41) is 11.6. The van der Waals surface area contributed by atoms with Crippen LogP contribution in [0.15, 0.2) is 36.4 Å². The maximum atomic E-state index is 13.7. The number of benzene rings is 2. The van der Waals surface area contributed by atoms with Gasteiger partial charge in [-0.3, -0.25) is 0 Å². The van der Waals surface area contributed by atoms with Gasteiger partial charge in [-0.2, -0.15) is 18.2 Å². The van der Waals surface area contributed by atoms with Crippen molar-refractivity contribution < 1.29 is 17.9 Å². The molecule has 0 saturated heterocycles. The summed E-state index contributed by atoms with van der Waals surface area (Å²) in [7, 11) is 1.79. The van der Waals surface area contributed by atoms with Gasteiger partial charge < -0.3 is 21.1 Å². The molecule has 1 aromatic heterocycles. The molecule has 0 aliphatic heterocycles. The Hall–Kier alpha value is -2.69. The summed E-state index contributed by atoms with van der Waals surface area (Å²) in [5.74, 6) is 0.611. The number of rotatable bonds is 7. The first kappa shape index (κ1) is 23.6. The standard InChI is InChI=1S/C18H18ClF3N6O.ClH/c1-24-6-7-29-12-4-2-10(3-5-12)15-13(18(20,21)22)8-11(9-14(15)19)25-17-26-16(23)27-28-17;/h2-5,8-9,24H,6-7H2,1H3,(H4,23,25,26,27,28);1H. The Bertz CT molecular complexity index is 979. The topological polar surface area (TPSA) is 101 Å². The van der Waals surface area contributed by atoms with Crippen LogP contribution in [0.5, 0.6) is 5.75 Å². The molecule has 2 aromatic carbocycles. The van der Waals surface area contributed by atoms with Gasteiger partial charge in [0.1, 0.15) is 12.4 Å². The number of nitrogen functional groups attached to an aromatic ring is 1. The molecule has 0 amide bonds. The molecule has 0 bridgehead atoms. The monoisotopic (exact) mass is 462 g/mol. The molecular weight excluding hydrogens is 444 g/mol. The lowest BCUT2D eigenvalue weighted by Gasteiger charge is -2.17. The van der Waals surface area contributed by atoms with Gasteiger partial charge in [0.05, 0.1) is 10.6 Å². The molecule has 0 unspecified atom stereocenters. The molecule has 0 fully saturated rings. The van der Waals surface area contributed by atoms with Crippen molar-refractivity contribution in [2.75, 3.05) is 31.2 Å². The number of nitrogens with zero attached hydrogens (tertiary/aromatic N) is 2. The van der Waals surface area contributed by atoms with E-state index in [1.807, 2.05) is 0 Å². The smallest absolute Gasteiger partial charge is 0.417 e. The molecule has 0 spiro atoms. The van der Waals surface area contributed by atoms with Crippen LogP contribution in [0, 0.1) is 0 Å². The fourth-order valence-corrected chi connectivity index (χ4v) is 2.97. The molecule has 1 heterocycles. The quantitative estimate of drug-likeness (QED) is 0.386. The number of H-pyrrole nitrogens is 1. The minimum atomic E-state index is -4.63. The van der Waals surface area contributed by atoms with Gasteiger partial charge in [-0.25, -0.2) is 5.10 Å². The van der Waals surface area contributed by atoms with Crippen molar-refractivity contribution in [2.45, 2.75) is 6.18 Å². The number of aromatic nitrogens is 3. The summed E-state index contributed by atoms with van der Waals surface area (Å²) in [6.45, 7) is 1.09. The fraction of sp³-hybridized carbons (Fsp3) is 0.222. The summed E-state index contributed by atoms with van der Waals surface area (Å²) in [4.78, 5) is 3.81. The second-order valence-electron chi connectivity index (χ2n) is 6.02. The summed E-state index contributed by atoms with van der Waals surface area (Å²) >= 11 is 6.24. The first-order valence-corrected chi connectivity index (χ1v) is 8.89.